The van der Waals surface area contributed by atoms with Crippen LogP contribution in [-0.4, -0.2) is 63.6 Å². The molecule has 0 aliphatic rings. The number of nitrogens with one attached hydrogen (secondary N) is 1. The highest BCUT2D eigenvalue weighted by molar-refractivity contribution is 14.0. The van der Waals surface area contributed by atoms with Crippen LogP contribution < -0.4 is 5.32 Å². The van der Waals surface area contributed by atoms with Crippen LogP contribution in [0, 0.1) is 0 Å². The maximum atomic E-state index is 10.1. The van der Waals surface area contributed by atoms with E-state index in [2.05, 4.69) is 20.4 Å². The van der Waals surface area contributed by atoms with Crippen LogP contribution in [0.25, 0.3) is 0 Å². The molecule has 1 atom stereocenters. The second-order valence-electron chi connectivity index (χ2n) is 6.01. The van der Waals surface area contributed by atoms with Crippen LogP contribution in [0.3, 0.4) is 0 Å². The minimum absolute atomic E-state index is 0. The molecule has 1 heterocycles. The van der Waals surface area contributed by atoms with Crippen molar-refractivity contribution in [1.82, 2.24) is 25.0 Å². The molecule has 0 amide bonds. The Morgan fingerprint density at radius 2 is 2.11 bits per heavy atom. The number of rotatable bonds is 9. The zero-order chi connectivity index (χ0) is 18.8. The van der Waals surface area contributed by atoms with E-state index < -0.39 is 6.10 Å². The smallest absolute Gasteiger partial charge is 0.194 e. The van der Waals surface area contributed by atoms with Gasteiger partial charge in [0.15, 0.2) is 5.96 Å². The molecule has 150 valence electrons. The van der Waals surface area contributed by atoms with Crippen molar-refractivity contribution in [2.75, 3.05) is 26.7 Å². The lowest BCUT2D eigenvalue weighted by molar-refractivity contribution is 0.0330. The summed E-state index contributed by atoms with van der Waals surface area (Å²) in [4.78, 5) is 10.7. The monoisotopic (exact) mass is 488 g/mol. The predicted molar refractivity (Wildman–Crippen MR) is 116 cm³/mol. The van der Waals surface area contributed by atoms with Crippen LogP contribution in [0.4, 0.5) is 0 Å². The normalized spacial score (nSPS) is 12.4. The molecule has 0 bridgehead atoms. The van der Waals surface area contributed by atoms with Gasteiger partial charge in [-0.3, -0.25) is 9.67 Å². The molecular weight excluding hydrogens is 459 g/mol. The first-order valence-corrected chi connectivity index (χ1v) is 8.72. The van der Waals surface area contributed by atoms with E-state index in [1.54, 1.807) is 4.68 Å². The molecule has 0 saturated carbocycles. The molecule has 0 spiro atoms. The molecule has 9 heteroatoms. The van der Waals surface area contributed by atoms with E-state index in [-0.39, 0.29) is 37.1 Å². The number of guanidine groups is 1. The Kier molecular flexibility index (Phi) is 10.9. The van der Waals surface area contributed by atoms with Crippen molar-refractivity contribution in [2.24, 2.45) is 12.0 Å². The first-order valence-electron chi connectivity index (χ1n) is 8.72. The van der Waals surface area contributed by atoms with Crippen molar-refractivity contribution < 1.29 is 9.84 Å². The fraction of sp³-hybridized carbons (Fsp3) is 0.500. The number of aryl methyl sites for hydroxylation is 1. The molecule has 0 aliphatic carbocycles. The summed E-state index contributed by atoms with van der Waals surface area (Å²) in [5, 5.41) is 17.4. The summed E-state index contributed by atoms with van der Waals surface area (Å²) in [6.45, 7) is 4.30. The zero-order valence-corrected chi connectivity index (χ0v) is 18.4. The van der Waals surface area contributed by atoms with Crippen molar-refractivity contribution in [3.63, 3.8) is 0 Å². The highest BCUT2D eigenvalue weighted by atomic mass is 127. The van der Waals surface area contributed by atoms with E-state index in [0.717, 1.165) is 17.9 Å². The van der Waals surface area contributed by atoms with E-state index >= 15 is 0 Å². The maximum Gasteiger partial charge on any atom is 0.194 e. The van der Waals surface area contributed by atoms with Crippen LogP contribution in [0.1, 0.15) is 18.3 Å². The number of aliphatic hydroxyl groups is 1. The van der Waals surface area contributed by atoms with Crippen molar-refractivity contribution in [1.29, 1.82) is 0 Å². The third-order valence-electron chi connectivity index (χ3n) is 3.75. The summed E-state index contributed by atoms with van der Waals surface area (Å²) in [7, 11) is 3.78. The van der Waals surface area contributed by atoms with Gasteiger partial charge in [-0.1, -0.05) is 30.3 Å². The molecule has 0 radical (unpaired) electrons. The largest absolute Gasteiger partial charge is 0.389 e. The minimum atomic E-state index is -0.657. The second-order valence-corrected chi connectivity index (χ2v) is 6.01. The predicted octanol–water partition coefficient (Wildman–Crippen LogP) is 1.41. The number of ether oxygens (including phenoxy) is 1. The highest BCUT2D eigenvalue weighted by Crippen LogP contribution is 2.02. The van der Waals surface area contributed by atoms with Gasteiger partial charge >= 0.3 is 0 Å². The zero-order valence-electron chi connectivity index (χ0n) is 16.1. The van der Waals surface area contributed by atoms with Crippen LogP contribution >= 0.6 is 24.0 Å². The maximum absolute atomic E-state index is 10.1. The van der Waals surface area contributed by atoms with Crippen molar-refractivity contribution in [3.05, 3.63) is 48.0 Å². The van der Waals surface area contributed by atoms with E-state index in [1.165, 1.54) is 6.33 Å². The van der Waals surface area contributed by atoms with Gasteiger partial charge < -0.3 is 20.1 Å². The average molecular weight is 488 g/mol. The Bertz CT molecular complexity index is 680. The summed E-state index contributed by atoms with van der Waals surface area (Å²) in [5.41, 5.74) is 1.08. The molecule has 1 aromatic carbocycles. The Hall–Kier alpha value is -1.72. The molecule has 0 saturated heterocycles. The molecule has 1 unspecified atom stereocenters. The fourth-order valence-corrected chi connectivity index (χ4v) is 2.35. The standard InChI is InChI=1S/C18H28N6O2.HI/c1-4-19-18(23(2)11-17-21-14-22-24(17)3)20-10-16(25)13-26-12-15-8-6-5-7-9-15;/h5-9,14,16,25H,4,10-13H2,1-3H3,(H,19,20);1H. The van der Waals surface area contributed by atoms with Crippen LogP contribution in [0.5, 0.6) is 0 Å². The molecule has 2 N–H and O–H groups in total. The lowest BCUT2D eigenvalue weighted by Gasteiger charge is -2.22. The van der Waals surface area contributed by atoms with Gasteiger partial charge in [0.1, 0.15) is 12.2 Å². The summed E-state index contributed by atoms with van der Waals surface area (Å²) in [6.07, 6.45) is 0.872. The van der Waals surface area contributed by atoms with Gasteiger partial charge in [0.05, 0.1) is 32.4 Å². The second kappa shape index (κ2) is 12.6. The van der Waals surface area contributed by atoms with Gasteiger partial charge in [0.25, 0.3) is 0 Å². The van der Waals surface area contributed by atoms with Gasteiger partial charge in [-0.15, -0.1) is 24.0 Å². The lowest BCUT2D eigenvalue weighted by atomic mass is 10.2. The van der Waals surface area contributed by atoms with Crippen molar-refractivity contribution in [3.8, 4) is 0 Å². The number of nitrogens with zero attached hydrogens (tertiary/aromatic N) is 5. The van der Waals surface area contributed by atoms with Crippen LogP contribution in [-0.2, 0) is 24.9 Å². The molecule has 1 aromatic heterocycles. The number of aromatic nitrogens is 3. The van der Waals surface area contributed by atoms with Crippen molar-refractivity contribution >= 4 is 29.9 Å². The molecule has 0 fully saturated rings. The quantitative estimate of drug-likeness (QED) is 0.316. The Morgan fingerprint density at radius 1 is 1.37 bits per heavy atom. The van der Waals surface area contributed by atoms with E-state index in [4.69, 9.17) is 4.74 Å². The van der Waals surface area contributed by atoms with Gasteiger partial charge in [-0.2, -0.15) is 5.10 Å². The van der Waals surface area contributed by atoms with Gasteiger partial charge in [0.2, 0.25) is 0 Å². The Morgan fingerprint density at radius 3 is 2.74 bits per heavy atom. The summed E-state index contributed by atoms with van der Waals surface area (Å²) < 4.78 is 7.29. The fourth-order valence-electron chi connectivity index (χ4n) is 2.35. The van der Waals surface area contributed by atoms with Crippen molar-refractivity contribution in [2.45, 2.75) is 26.2 Å². The number of aliphatic hydroxyl groups excluding tert-OH is 1. The first-order chi connectivity index (χ1) is 12.6. The van der Waals surface area contributed by atoms with E-state index in [9.17, 15) is 5.11 Å². The minimum Gasteiger partial charge on any atom is -0.389 e. The Labute approximate surface area is 177 Å². The van der Waals surface area contributed by atoms with Crippen LogP contribution in [0.15, 0.2) is 41.7 Å². The summed E-state index contributed by atoms with van der Waals surface area (Å²) in [6, 6.07) is 9.89. The van der Waals surface area contributed by atoms with Crippen LogP contribution in [0.2, 0.25) is 0 Å². The SMILES string of the molecule is CCNC(=NCC(O)COCc1ccccc1)N(C)Cc1ncnn1C.I. The number of hydrogen-bond acceptors (Lipinski definition) is 5. The van der Waals surface area contributed by atoms with E-state index in [0.29, 0.717) is 19.1 Å². The molecule has 2 aromatic rings. The molecule has 2 rings (SSSR count). The van der Waals surface area contributed by atoms with E-state index in [1.807, 2.05) is 56.3 Å². The molecule has 0 aliphatic heterocycles. The molecule has 8 nitrogen and oxygen atoms in total. The highest BCUT2D eigenvalue weighted by Gasteiger charge is 2.11. The summed E-state index contributed by atoms with van der Waals surface area (Å²) >= 11 is 0. The number of benzene rings is 1. The first kappa shape index (κ1) is 23.3. The molecular formula is C18H29IN6O2. The average Bonchev–Trinajstić information content (AvgIpc) is 3.04. The topological polar surface area (TPSA) is 87.8 Å². The van der Waals surface area contributed by atoms with Gasteiger partial charge in [-0.05, 0) is 12.5 Å². The number of aliphatic imine (C=N–C) groups is 1. The number of halogens is 1. The summed E-state index contributed by atoms with van der Waals surface area (Å²) in [5.74, 6) is 1.54. The Balaban J connectivity index is 0.00000364. The molecule has 27 heavy (non-hydrogen) atoms. The third kappa shape index (κ3) is 8.22. The number of hydrogen-bond donors (Lipinski definition) is 2. The third-order valence-corrected chi connectivity index (χ3v) is 3.75. The van der Waals surface area contributed by atoms with Gasteiger partial charge in [-0.25, -0.2) is 4.98 Å². The van der Waals surface area contributed by atoms with Gasteiger partial charge in [0, 0.05) is 20.6 Å². The lowest BCUT2D eigenvalue weighted by Crippen LogP contribution is -2.39.